The topological polar surface area (TPSA) is 16.3 Å². The molecule has 0 atom stereocenters. The predicted octanol–water partition coefficient (Wildman–Crippen LogP) is 30.4. The van der Waals surface area contributed by atoms with Gasteiger partial charge in [0.1, 0.15) is 0 Å². The van der Waals surface area contributed by atoms with Gasteiger partial charge in [-0.1, -0.05) is 377 Å². The number of para-hydroxylation sites is 4. The second kappa shape index (κ2) is 31.0. The van der Waals surface area contributed by atoms with E-state index in [0.717, 1.165) is 97.9 Å². The van der Waals surface area contributed by atoms with Crippen LogP contribution in [-0.4, -0.2) is 15.8 Å². The van der Waals surface area contributed by atoms with Gasteiger partial charge < -0.3 is 18.9 Å². The van der Waals surface area contributed by atoms with Gasteiger partial charge in [-0.05, 0) is 208 Å². The van der Waals surface area contributed by atoms with Crippen LogP contribution in [-0.2, 0) is 17.3 Å². The maximum atomic E-state index is 2.79. The summed E-state index contributed by atoms with van der Waals surface area (Å²) in [6.07, 6.45) is 6.62. The first-order chi connectivity index (χ1) is 59.8. The summed E-state index contributed by atoms with van der Waals surface area (Å²) in [4.78, 5) is 5.58. The highest BCUT2D eigenvalue weighted by atomic mass is 15.2. The van der Waals surface area contributed by atoms with Gasteiger partial charge in [0, 0.05) is 77.9 Å². The lowest BCUT2D eigenvalue weighted by molar-refractivity contribution is 0.590. The summed E-state index contributed by atoms with van der Waals surface area (Å²) in [6, 6.07) is 148. The van der Waals surface area contributed by atoms with E-state index in [1.807, 2.05) is 0 Å². The fourth-order valence-corrected chi connectivity index (χ4v) is 19.6. The van der Waals surface area contributed by atoms with Crippen molar-refractivity contribution in [3.8, 4) is 100 Å². The fourth-order valence-electron chi connectivity index (χ4n) is 19.6. The normalized spacial score (nSPS) is 12.5. The van der Waals surface area contributed by atoms with Gasteiger partial charge in [-0.15, -0.1) is 0 Å². The number of anilines is 6. The molecule has 2 aliphatic heterocycles. The Balaban J connectivity index is 0.926. The molecule has 122 heavy (non-hydrogen) atoms. The Labute approximate surface area is 718 Å². The molecule has 4 nitrogen and oxygen atoms in total. The smallest absolute Gasteiger partial charge is 0.252 e. The number of benzene rings is 17. The third-order valence-electron chi connectivity index (χ3n) is 26.0. The van der Waals surface area contributed by atoms with Crippen molar-refractivity contribution in [1.82, 2.24) is 9.13 Å². The number of aryl methyl sites for hydroxylation is 1. The quantitative estimate of drug-likeness (QED) is 0.0629. The molecule has 5 heteroatoms. The van der Waals surface area contributed by atoms with E-state index in [1.165, 1.54) is 152 Å². The van der Waals surface area contributed by atoms with E-state index >= 15 is 0 Å². The molecule has 19 aromatic rings. The molecular weight excluding hydrogens is 1470 g/mol. The van der Waals surface area contributed by atoms with Crippen molar-refractivity contribution >= 4 is 101 Å². The molecule has 0 fully saturated rings. The predicted molar refractivity (Wildman–Crippen MR) is 522 cm³/mol. The first-order valence-corrected chi connectivity index (χ1v) is 43.8. The lowest BCUT2D eigenvalue weighted by atomic mass is 9.33. The molecule has 0 spiro atoms. The average Bonchev–Trinajstić information content (AvgIpc) is 0.697. The van der Waals surface area contributed by atoms with Crippen LogP contribution < -0.4 is 26.2 Å². The van der Waals surface area contributed by atoms with Crippen LogP contribution in [0, 0.1) is 0 Å². The molecule has 4 heterocycles. The molecule has 2 aromatic heterocycles. The van der Waals surface area contributed by atoms with Gasteiger partial charge in [-0.25, -0.2) is 0 Å². The van der Waals surface area contributed by atoms with E-state index < -0.39 is 0 Å². The van der Waals surface area contributed by atoms with Gasteiger partial charge in [0.15, 0.2) is 0 Å². The molecular formula is C117H97BN4. The molecule has 0 unspecified atom stereocenters. The molecule has 0 saturated heterocycles. The standard InChI is InChI=1S/C117H97BN4/c1-8-9-10-11-16-33-78-70-111-113-112(71-78)122(115-101(89-62-54-85(55-63-89)81-38-21-14-22-39-81)74-92(117(5,6)7)75-102(115)90-64-56-86(57-65-90)82-40-23-15-24-41-82)110-77-94(120-107-48-31-27-44-97(107)98-45-28-32-49-108(98)120)67-69-104(110)118(113)103-68-66-93(119-105-46-29-25-42-95(105)96-43-26-30-47-106(96)119)76-109(103)121(111)114-99(87-58-50-83(51-59-87)79-34-17-12-18-35-79)72-91(116(2,3)4)73-100(114)88-60-52-84(53-61-88)80-36-19-13-20-37-80/h12-15,17-32,34-77H,8-11,16,33H2,1-7H3. The van der Waals surface area contributed by atoms with Crippen LogP contribution in [0.25, 0.3) is 144 Å². The van der Waals surface area contributed by atoms with Crippen molar-refractivity contribution in [2.24, 2.45) is 0 Å². The molecule has 21 rings (SSSR count). The molecule has 0 saturated carbocycles. The summed E-state index contributed by atoms with van der Waals surface area (Å²) in [5.41, 5.74) is 39.5. The van der Waals surface area contributed by atoms with Crippen LogP contribution in [0.5, 0.6) is 0 Å². The van der Waals surface area contributed by atoms with E-state index in [1.54, 1.807) is 0 Å². The molecule has 0 bridgehead atoms. The largest absolute Gasteiger partial charge is 0.310 e. The Morgan fingerprint density at radius 2 is 0.516 bits per heavy atom. The van der Waals surface area contributed by atoms with E-state index in [0.29, 0.717) is 0 Å². The summed E-state index contributed by atoms with van der Waals surface area (Å²) in [6.45, 7) is 16.4. The Morgan fingerprint density at radius 3 is 0.811 bits per heavy atom. The van der Waals surface area contributed by atoms with Gasteiger partial charge in [0.25, 0.3) is 6.71 Å². The molecule has 588 valence electrons. The first-order valence-electron chi connectivity index (χ1n) is 43.8. The number of aromatic nitrogens is 2. The van der Waals surface area contributed by atoms with Crippen LogP contribution >= 0.6 is 0 Å². The van der Waals surface area contributed by atoms with Gasteiger partial charge in [0.05, 0.1) is 33.4 Å². The zero-order valence-corrected chi connectivity index (χ0v) is 70.6. The summed E-state index contributed by atoms with van der Waals surface area (Å²) in [5.74, 6) is 0. The van der Waals surface area contributed by atoms with Gasteiger partial charge >= 0.3 is 0 Å². The Hall–Kier alpha value is -14.0. The monoisotopic (exact) mass is 1570 g/mol. The van der Waals surface area contributed by atoms with Crippen molar-refractivity contribution in [2.75, 3.05) is 9.80 Å². The van der Waals surface area contributed by atoms with Crippen LogP contribution in [0.2, 0.25) is 0 Å². The maximum Gasteiger partial charge on any atom is 0.252 e. The average molecular weight is 1570 g/mol. The lowest BCUT2D eigenvalue weighted by Gasteiger charge is -2.46. The molecule has 0 radical (unpaired) electrons. The van der Waals surface area contributed by atoms with Crippen LogP contribution in [0.15, 0.2) is 388 Å². The molecule has 17 aromatic carbocycles. The fraction of sp³-hybridized carbons (Fsp3) is 0.128. The number of fused-ring (bicyclic) bond motifs is 10. The van der Waals surface area contributed by atoms with Crippen molar-refractivity contribution < 1.29 is 0 Å². The third kappa shape index (κ3) is 13.4. The van der Waals surface area contributed by atoms with E-state index in [9.17, 15) is 0 Å². The first kappa shape index (κ1) is 75.5. The zero-order valence-electron chi connectivity index (χ0n) is 70.6. The second-order valence-corrected chi connectivity index (χ2v) is 35.7. The maximum absolute atomic E-state index is 2.79. The minimum atomic E-state index is -0.275. The van der Waals surface area contributed by atoms with E-state index in [4.69, 9.17) is 0 Å². The molecule has 0 aliphatic carbocycles. The minimum absolute atomic E-state index is 0.259. The number of hydrogen-bond donors (Lipinski definition) is 0. The second-order valence-electron chi connectivity index (χ2n) is 35.7. The highest BCUT2D eigenvalue weighted by molar-refractivity contribution is 7.00. The highest BCUT2D eigenvalue weighted by Gasteiger charge is 2.46. The van der Waals surface area contributed by atoms with Crippen molar-refractivity contribution in [1.29, 1.82) is 0 Å². The van der Waals surface area contributed by atoms with Crippen LogP contribution in [0.3, 0.4) is 0 Å². The summed E-state index contributed by atoms with van der Waals surface area (Å²) >= 11 is 0. The third-order valence-corrected chi connectivity index (χ3v) is 26.0. The molecule has 0 amide bonds. The SMILES string of the molecule is CCCCCCCc1cc2c3c(c1)N(c1c(-c4ccc(-c5ccccc5)cc4)cc(C(C)(C)C)cc1-c1ccc(-c4ccccc4)cc1)c1cc(-n4c5ccccc5c5ccccc54)ccc1B3c1ccc(-n3c4ccccc4c4ccccc43)cc1N2c1c(-c2ccc(-c3ccccc3)cc2)cc(C(C)(C)C)cc1-c1ccc(-c2ccccc2)cc1. The number of rotatable bonds is 18. The lowest BCUT2D eigenvalue weighted by Crippen LogP contribution is -2.61. The molecule has 2 aliphatic rings. The van der Waals surface area contributed by atoms with E-state index in [-0.39, 0.29) is 17.5 Å². The van der Waals surface area contributed by atoms with Crippen LogP contribution in [0.4, 0.5) is 34.1 Å². The number of nitrogens with zero attached hydrogens (tertiary/aromatic N) is 4. The van der Waals surface area contributed by atoms with Crippen molar-refractivity contribution in [2.45, 2.75) is 97.8 Å². The highest BCUT2D eigenvalue weighted by Crippen LogP contribution is 2.56. The van der Waals surface area contributed by atoms with Crippen molar-refractivity contribution in [3.05, 3.63) is 405 Å². The van der Waals surface area contributed by atoms with Crippen molar-refractivity contribution in [3.63, 3.8) is 0 Å². The minimum Gasteiger partial charge on any atom is -0.310 e. The Bertz CT molecular complexity index is 6430. The summed E-state index contributed by atoms with van der Waals surface area (Å²) < 4.78 is 5.06. The van der Waals surface area contributed by atoms with Crippen LogP contribution in [0.1, 0.15) is 97.3 Å². The number of unbranched alkanes of at least 4 members (excludes halogenated alkanes) is 4. The van der Waals surface area contributed by atoms with Gasteiger partial charge in [-0.3, -0.25) is 0 Å². The summed E-state index contributed by atoms with van der Waals surface area (Å²) in [7, 11) is 0. The zero-order chi connectivity index (χ0) is 82.3. The Morgan fingerprint density at radius 1 is 0.246 bits per heavy atom. The number of hydrogen-bond acceptors (Lipinski definition) is 2. The Kier molecular flexibility index (Phi) is 19.2. The van der Waals surface area contributed by atoms with Gasteiger partial charge in [-0.2, -0.15) is 0 Å². The van der Waals surface area contributed by atoms with Gasteiger partial charge in [0.2, 0.25) is 0 Å². The molecule has 0 N–H and O–H groups in total. The van der Waals surface area contributed by atoms with E-state index in [2.05, 4.69) is 456 Å². The summed E-state index contributed by atoms with van der Waals surface area (Å²) in [5, 5.41) is 4.91.